The number of nitrogens with zero attached hydrogens (tertiary/aromatic N) is 4. The summed E-state index contributed by atoms with van der Waals surface area (Å²) in [6, 6.07) is 0. The van der Waals surface area contributed by atoms with Gasteiger partial charge in [0.1, 0.15) is 11.6 Å². The molecule has 19 heavy (non-hydrogen) atoms. The standard InChI is InChI=1S/C11H19F3N4O/c1-3-18-9(2)15-16-10(18)7-17(5-4-6-19)8-11(12,13)14/h19H,3-8H2,1-2H3. The van der Waals surface area contributed by atoms with Crippen LogP contribution in [0.25, 0.3) is 0 Å². The van der Waals surface area contributed by atoms with Crippen molar-refractivity contribution < 1.29 is 18.3 Å². The Morgan fingerprint density at radius 2 is 2.00 bits per heavy atom. The average molecular weight is 280 g/mol. The second-order valence-corrected chi connectivity index (χ2v) is 4.31. The van der Waals surface area contributed by atoms with Crippen LogP contribution in [-0.4, -0.2) is 50.6 Å². The first-order valence-corrected chi connectivity index (χ1v) is 6.16. The summed E-state index contributed by atoms with van der Waals surface area (Å²) in [5, 5.41) is 16.5. The van der Waals surface area contributed by atoms with Crippen LogP contribution < -0.4 is 0 Å². The molecule has 0 unspecified atom stereocenters. The van der Waals surface area contributed by atoms with Gasteiger partial charge in [-0.25, -0.2) is 0 Å². The number of halogens is 3. The maximum Gasteiger partial charge on any atom is 0.401 e. The van der Waals surface area contributed by atoms with Gasteiger partial charge in [0.2, 0.25) is 0 Å². The monoisotopic (exact) mass is 280 g/mol. The van der Waals surface area contributed by atoms with Gasteiger partial charge in [0.05, 0.1) is 13.1 Å². The van der Waals surface area contributed by atoms with Gasteiger partial charge < -0.3 is 9.67 Å². The second kappa shape index (κ2) is 6.85. The molecule has 0 amide bonds. The van der Waals surface area contributed by atoms with E-state index < -0.39 is 12.7 Å². The van der Waals surface area contributed by atoms with Gasteiger partial charge in [0.15, 0.2) is 0 Å². The largest absolute Gasteiger partial charge is 0.401 e. The van der Waals surface area contributed by atoms with Crippen LogP contribution in [0.2, 0.25) is 0 Å². The van der Waals surface area contributed by atoms with E-state index in [9.17, 15) is 13.2 Å². The van der Waals surface area contributed by atoms with Crippen molar-refractivity contribution in [1.29, 1.82) is 0 Å². The second-order valence-electron chi connectivity index (χ2n) is 4.31. The number of aliphatic hydroxyl groups excluding tert-OH is 1. The molecule has 0 aliphatic heterocycles. The van der Waals surface area contributed by atoms with Gasteiger partial charge in [-0.2, -0.15) is 13.2 Å². The Bertz CT molecular complexity index is 392. The third kappa shape index (κ3) is 5.15. The molecule has 0 atom stereocenters. The maximum absolute atomic E-state index is 12.5. The molecule has 0 aromatic carbocycles. The number of rotatable bonds is 7. The van der Waals surface area contributed by atoms with Crippen LogP contribution in [0.15, 0.2) is 0 Å². The van der Waals surface area contributed by atoms with E-state index >= 15 is 0 Å². The highest BCUT2D eigenvalue weighted by Gasteiger charge is 2.31. The highest BCUT2D eigenvalue weighted by molar-refractivity contribution is 4.94. The molecule has 0 aliphatic carbocycles. The molecular weight excluding hydrogens is 261 g/mol. The zero-order valence-electron chi connectivity index (χ0n) is 11.1. The lowest BCUT2D eigenvalue weighted by Gasteiger charge is -2.23. The Morgan fingerprint density at radius 3 is 2.53 bits per heavy atom. The summed E-state index contributed by atoms with van der Waals surface area (Å²) in [4.78, 5) is 1.23. The van der Waals surface area contributed by atoms with Gasteiger partial charge >= 0.3 is 6.18 Å². The molecule has 1 aromatic rings. The molecule has 0 fully saturated rings. The van der Waals surface area contributed by atoms with Crippen LogP contribution in [0.5, 0.6) is 0 Å². The highest BCUT2D eigenvalue weighted by atomic mass is 19.4. The topological polar surface area (TPSA) is 54.2 Å². The zero-order valence-corrected chi connectivity index (χ0v) is 11.1. The molecule has 0 spiro atoms. The van der Waals surface area contributed by atoms with Crippen LogP contribution in [0.4, 0.5) is 13.2 Å². The van der Waals surface area contributed by atoms with Gasteiger partial charge in [0, 0.05) is 19.7 Å². The summed E-state index contributed by atoms with van der Waals surface area (Å²) in [5.74, 6) is 1.20. The molecule has 1 rings (SSSR count). The summed E-state index contributed by atoms with van der Waals surface area (Å²) in [7, 11) is 0. The molecule has 0 radical (unpaired) electrons. The summed E-state index contributed by atoms with van der Waals surface area (Å²) >= 11 is 0. The van der Waals surface area contributed by atoms with Crippen molar-refractivity contribution in [3.05, 3.63) is 11.6 Å². The van der Waals surface area contributed by atoms with E-state index in [0.29, 0.717) is 24.6 Å². The van der Waals surface area contributed by atoms with Crippen molar-refractivity contribution in [2.24, 2.45) is 0 Å². The minimum absolute atomic E-state index is 0.0776. The van der Waals surface area contributed by atoms with Crippen LogP contribution >= 0.6 is 0 Å². The zero-order chi connectivity index (χ0) is 14.5. The van der Waals surface area contributed by atoms with Crippen LogP contribution in [-0.2, 0) is 13.1 Å². The molecule has 0 saturated heterocycles. The van der Waals surface area contributed by atoms with E-state index in [1.165, 1.54) is 4.90 Å². The van der Waals surface area contributed by atoms with Gasteiger partial charge in [-0.05, 0) is 20.3 Å². The van der Waals surface area contributed by atoms with Gasteiger partial charge in [-0.15, -0.1) is 10.2 Å². The smallest absolute Gasteiger partial charge is 0.396 e. The molecule has 0 bridgehead atoms. The molecule has 0 saturated carbocycles. The Balaban J connectivity index is 2.75. The van der Waals surface area contributed by atoms with E-state index in [-0.39, 0.29) is 19.7 Å². The van der Waals surface area contributed by atoms with E-state index in [1.54, 1.807) is 11.5 Å². The molecule has 0 aliphatic rings. The van der Waals surface area contributed by atoms with E-state index in [0.717, 1.165) is 0 Å². The first kappa shape index (κ1) is 15.9. The fourth-order valence-electron chi connectivity index (χ4n) is 1.92. The highest BCUT2D eigenvalue weighted by Crippen LogP contribution is 2.18. The predicted octanol–water partition coefficient (Wildman–Crippen LogP) is 1.35. The first-order chi connectivity index (χ1) is 8.87. The first-order valence-electron chi connectivity index (χ1n) is 6.16. The summed E-state index contributed by atoms with van der Waals surface area (Å²) in [6.45, 7) is 3.38. The predicted molar refractivity (Wildman–Crippen MR) is 63.5 cm³/mol. The van der Waals surface area contributed by atoms with E-state index in [2.05, 4.69) is 10.2 Å². The van der Waals surface area contributed by atoms with Crippen LogP contribution in [0.3, 0.4) is 0 Å². The molecule has 1 heterocycles. The SMILES string of the molecule is CCn1c(C)nnc1CN(CCCO)CC(F)(F)F. The van der Waals surface area contributed by atoms with Gasteiger partial charge in [-0.1, -0.05) is 0 Å². The normalized spacial score (nSPS) is 12.4. The van der Waals surface area contributed by atoms with Crippen molar-refractivity contribution in [2.45, 2.75) is 39.5 Å². The lowest BCUT2D eigenvalue weighted by Crippen LogP contribution is -2.35. The summed E-state index contributed by atoms with van der Waals surface area (Å²) in [5.41, 5.74) is 0. The lowest BCUT2D eigenvalue weighted by atomic mass is 10.3. The minimum Gasteiger partial charge on any atom is -0.396 e. The molecule has 1 aromatic heterocycles. The number of aliphatic hydroxyl groups is 1. The Kier molecular flexibility index (Phi) is 5.74. The van der Waals surface area contributed by atoms with E-state index in [1.807, 2.05) is 6.92 Å². The Labute approximate surface area is 110 Å². The fraction of sp³-hybridized carbons (Fsp3) is 0.818. The molecule has 110 valence electrons. The van der Waals surface area contributed by atoms with Crippen molar-refractivity contribution in [1.82, 2.24) is 19.7 Å². The van der Waals surface area contributed by atoms with Crippen molar-refractivity contribution in [3.63, 3.8) is 0 Å². The number of hydrogen-bond acceptors (Lipinski definition) is 4. The molecular formula is C11H19F3N4O. The summed E-state index contributed by atoms with van der Waals surface area (Å²) < 4.78 is 39.2. The van der Waals surface area contributed by atoms with E-state index in [4.69, 9.17) is 5.11 Å². The van der Waals surface area contributed by atoms with Gasteiger partial charge in [0.25, 0.3) is 0 Å². The summed E-state index contributed by atoms with van der Waals surface area (Å²) in [6.07, 6.45) is -3.96. The molecule has 1 N–H and O–H groups in total. The van der Waals surface area contributed by atoms with Crippen molar-refractivity contribution in [2.75, 3.05) is 19.7 Å². The number of aryl methyl sites for hydroxylation is 1. The third-order valence-corrected chi connectivity index (χ3v) is 2.73. The molecule has 5 nitrogen and oxygen atoms in total. The Morgan fingerprint density at radius 1 is 1.32 bits per heavy atom. The Hall–Kier alpha value is -1.15. The number of aromatic nitrogens is 3. The third-order valence-electron chi connectivity index (χ3n) is 2.73. The number of alkyl halides is 3. The minimum atomic E-state index is -4.26. The quantitative estimate of drug-likeness (QED) is 0.819. The lowest BCUT2D eigenvalue weighted by molar-refractivity contribution is -0.147. The molecule has 8 heteroatoms. The maximum atomic E-state index is 12.5. The van der Waals surface area contributed by atoms with Crippen LogP contribution in [0.1, 0.15) is 25.0 Å². The van der Waals surface area contributed by atoms with Gasteiger partial charge in [-0.3, -0.25) is 4.90 Å². The fourth-order valence-corrected chi connectivity index (χ4v) is 1.92. The van der Waals surface area contributed by atoms with Crippen LogP contribution in [0, 0.1) is 6.92 Å². The van der Waals surface area contributed by atoms with Crippen molar-refractivity contribution in [3.8, 4) is 0 Å². The average Bonchev–Trinajstić information content (AvgIpc) is 2.65. The number of hydrogen-bond donors (Lipinski definition) is 1. The van der Waals surface area contributed by atoms with Crippen molar-refractivity contribution >= 4 is 0 Å².